The Bertz CT molecular complexity index is 1180. The van der Waals surface area contributed by atoms with E-state index in [1.807, 2.05) is 28.7 Å². The number of halogens is 2. The van der Waals surface area contributed by atoms with Gasteiger partial charge in [0.05, 0.1) is 5.69 Å². The summed E-state index contributed by atoms with van der Waals surface area (Å²) < 4.78 is 31.9. The van der Waals surface area contributed by atoms with Crippen molar-refractivity contribution < 1.29 is 13.6 Å². The van der Waals surface area contributed by atoms with Crippen LogP contribution in [-0.4, -0.2) is 52.4 Å². The number of nitrogens with zero attached hydrogens (tertiary/aromatic N) is 4. The van der Waals surface area contributed by atoms with Gasteiger partial charge >= 0.3 is 0 Å². The van der Waals surface area contributed by atoms with E-state index in [9.17, 15) is 13.6 Å². The predicted molar refractivity (Wildman–Crippen MR) is 122 cm³/mol. The number of anilines is 1. The van der Waals surface area contributed by atoms with Gasteiger partial charge in [0.15, 0.2) is 11.3 Å². The Morgan fingerprint density at radius 2 is 1.94 bits per heavy atom. The second-order valence-electron chi connectivity index (χ2n) is 9.09. The van der Waals surface area contributed by atoms with Crippen molar-refractivity contribution in [1.29, 1.82) is 0 Å². The Morgan fingerprint density at radius 1 is 1.18 bits per heavy atom. The van der Waals surface area contributed by atoms with Crippen molar-refractivity contribution in [2.45, 2.75) is 51.2 Å². The molecular formula is C24H28F2N6O. The molecular weight excluding hydrogens is 426 g/mol. The maximum atomic E-state index is 15.0. The first-order chi connectivity index (χ1) is 15.9. The van der Waals surface area contributed by atoms with Gasteiger partial charge < -0.3 is 20.1 Å². The second kappa shape index (κ2) is 8.70. The normalized spacial score (nSPS) is 20.9. The minimum Gasteiger partial charge on any atom is -0.366 e. The van der Waals surface area contributed by atoms with Gasteiger partial charge in [0.25, 0.3) is 5.91 Å². The van der Waals surface area contributed by atoms with E-state index in [2.05, 4.69) is 20.8 Å². The number of aryl methyl sites for hydroxylation is 1. The number of rotatable bonds is 6. The zero-order valence-electron chi connectivity index (χ0n) is 18.8. The van der Waals surface area contributed by atoms with E-state index in [4.69, 9.17) is 0 Å². The smallest absolute Gasteiger partial charge is 0.271 e. The third kappa shape index (κ3) is 4.17. The maximum Gasteiger partial charge on any atom is 0.271 e. The fourth-order valence-electron chi connectivity index (χ4n) is 4.96. The first-order valence-electron chi connectivity index (χ1n) is 11.5. The molecule has 1 aromatic carbocycles. The molecule has 7 nitrogen and oxygen atoms in total. The van der Waals surface area contributed by atoms with Crippen molar-refractivity contribution in [3.05, 3.63) is 53.4 Å². The molecule has 0 aliphatic carbocycles. The maximum absolute atomic E-state index is 15.0. The first-order valence-corrected chi connectivity index (χ1v) is 11.5. The number of nitrogens with one attached hydrogen (secondary N) is 2. The molecule has 2 N–H and O–H groups in total. The molecule has 174 valence electrons. The molecule has 0 radical (unpaired) electrons. The summed E-state index contributed by atoms with van der Waals surface area (Å²) >= 11 is 0. The molecule has 3 atom stereocenters. The standard InChI is InChI=1S/C24H28F2N6O/c1-3-31-7-6-15-8-21(29-30-23(15)31)24(33)27-11-14(2)18-9-20(26)22(10-19(18)25)32-12-16-4-5-17(13-32)28-16/h6-10,14,16-17,28H,3-5,11-13H2,1-2H3,(H,27,33)/t14-,16?,17?/m1/s1. The van der Waals surface area contributed by atoms with Crippen molar-refractivity contribution in [2.24, 2.45) is 0 Å². The first kappa shape index (κ1) is 21.8. The minimum absolute atomic E-state index is 0.155. The second-order valence-corrected chi connectivity index (χ2v) is 9.09. The fourth-order valence-corrected chi connectivity index (χ4v) is 4.96. The molecule has 3 aromatic rings. The summed E-state index contributed by atoms with van der Waals surface area (Å²) in [5.74, 6) is -1.69. The minimum atomic E-state index is -0.457. The molecule has 2 aliphatic heterocycles. The number of amides is 1. The molecule has 2 aromatic heterocycles. The van der Waals surface area contributed by atoms with E-state index >= 15 is 0 Å². The van der Waals surface area contributed by atoms with Crippen LogP contribution in [0, 0.1) is 11.6 Å². The molecule has 1 amide bonds. The van der Waals surface area contributed by atoms with Crippen LogP contribution >= 0.6 is 0 Å². The Balaban J connectivity index is 1.26. The van der Waals surface area contributed by atoms with Crippen LogP contribution in [0.4, 0.5) is 14.5 Å². The highest BCUT2D eigenvalue weighted by molar-refractivity contribution is 5.95. The van der Waals surface area contributed by atoms with E-state index in [1.165, 1.54) is 12.1 Å². The van der Waals surface area contributed by atoms with E-state index in [0.717, 1.165) is 30.4 Å². The molecule has 4 heterocycles. The van der Waals surface area contributed by atoms with Gasteiger partial charge in [-0.1, -0.05) is 6.92 Å². The summed E-state index contributed by atoms with van der Waals surface area (Å²) in [6.45, 7) is 6.06. The van der Waals surface area contributed by atoms with Gasteiger partial charge in [-0.3, -0.25) is 4.79 Å². The molecule has 33 heavy (non-hydrogen) atoms. The van der Waals surface area contributed by atoms with Crippen molar-refractivity contribution in [3.63, 3.8) is 0 Å². The lowest BCUT2D eigenvalue weighted by atomic mass is 9.99. The summed E-state index contributed by atoms with van der Waals surface area (Å²) in [7, 11) is 0. The largest absolute Gasteiger partial charge is 0.366 e. The van der Waals surface area contributed by atoms with Crippen molar-refractivity contribution in [1.82, 2.24) is 25.4 Å². The van der Waals surface area contributed by atoms with Gasteiger partial charge in [-0.15, -0.1) is 10.2 Å². The Morgan fingerprint density at radius 3 is 2.67 bits per heavy atom. The highest BCUT2D eigenvalue weighted by atomic mass is 19.1. The van der Waals surface area contributed by atoms with Crippen LogP contribution < -0.4 is 15.5 Å². The highest BCUT2D eigenvalue weighted by Gasteiger charge is 2.33. The van der Waals surface area contributed by atoms with Gasteiger partial charge in [0.1, 0.15) is 11.6 Å². The van der Waals surface area contributed by atoms with Gasteiger partial charge in [-0.25, -0.2) is 8.78 Å². The van der Waals surface area contributed by atoms with Crippen LogP contribution in [-0.2, 0) is 6.54 Å². The number of piperazine rings is 1. The monoisotopic (exact) mass is 454 g/mol. The van der Waals surface area contributed by atoms with Crippen LogP contribution in [0.25, 0.3) is 11.0 Å². The summed E-state index contributed by atoms with van der Waals surface area (Å²) in [5, 5.41) is 15.3. The van der Waals surface area contributed by atoms with E-state index in [0.29, 0.717) is 30.9 Å². The number of hydrogen-bond acceptors (Lipinski definition) is 5. The molecule has 0 spiro atoms. The number of carbonyl (C=O) groups excluding carboxylic acids is 1. The van der Waals surface area contributed by atoms with Crippen molar-refractivity contribution in [3.8, 4) is 0 Å². The lowest BCUT2D eigenvalue weighted by molar-refractivity contribution is 0.0945. The zero-order valence-corrected chi connectivity index (χ0v) is 18.8. The van der Waals surface area contributed by atoms with Crippen LogP contribution in [0.15, 0.2) is 30.5 Å². The summed E-state index contributed by atoms with van der Waals surface area (Å²) in [6, 6.07) is 6.81. The molecule has 2 saturated heterocycles. The van der Waals surface area contributed by atoms with Gasteiger partial charge in [0, 0.05) is 61.8 Å². The average molecular weight is 455 g/mol. The van der Waals surface area contributed by atoms with Crippen molar-refractivity contribution >= 4 is 22.6 Å². The number of fused-ring (bicyclic) bond motifs is 3. The Kier molecular flexibility index (Phi) is 5.74. The molecule has 2 fully saturated rings. The summed E-state index contributed by atoms with van der Waals surface area (Å²) in [6.07, 6.45) is 4.04. The fraction of sp³-hybridized carbons (Fsp3) is 0.458. The van der Waals surface area contributed by atoms with Crippen LogP contribution in [0.3, 0.4) is 0 Å². The topological polar surface area (TPSA) is 75.1 Å². The number of hydrogen-bond donors (Lipinski definition) is 2. The number of benzene rings is 1. The predicted octanol–water partition coefficient (Wildman–Crippen LogP) is 3.20. The van der Waals surface area contributed by atoms with Gasteiger partial charge in [-0.05, 0) is 43.5 Å². The van der Waals surface area contributed by atoms with Crippen LogP contribution in [0.2, 0.25) is 0 Å². The molecule has 2 bridgehead atoms. The third-order valence-corrected chi connectivity index (χ3v) is 6.81. The zero-order chi connectivity index (χ0) is 23.1. The SMILES string of the molecule is CCn1ccc2cc(C(=O)NC[C@@H](C)c3cc(F)c(N4CC5CCC(C4)N5)cc3F)nnc21. The Hall–Kier alpha value is -3.07. The lowest BCUT2D eigenvalue weighted by Crippen LogP contribution is -2.51. The van der Waals surface area contributed by atoms with E-state index in [1.54, 1.807) is 13.0 Å². The van der Waals surface area contributed by atoms with Crippen LogP contribution in [0.1, 0.15) is 48.7 Å². The molecule has 0 saturated carbocycles. The van der Waals surface area contributed by atoms with E-state index < -0.39 is 23.5 Å². The summed E-state index contributed by atoms with van der Waals surface area (Å²) in [4.78, 5) is 14.5. The average Bonchev–Trinajstić information content (AvgIpc) is 3.39. The Labute approximate surface area is 191 Å². The quantitative estimate of drug-likeness (QED) is 0.598. The molecule has 2 aliphatic rings. The number of carbonyl (C=O) groups is 1. The third-order valence-electron chi connectivity index (χ3n) is 6.81. The van der Waals surface area contributed by atoms with Crippen molar-refractivity contribution in [2.75, 3.05) is 24.5 Å². The van der Waals surface area contributed by atoms with E-state index in [-0.39, 0.29) is 17.8 Å². The highest BCUT2D eigenvalue weighted by Crippen LogP contribution is 2.31. The molecule has 2 unspecified atom stereocenters. The van der Waals surface area contributed by atoms with Gasteiger partial charge in [0.2, 0.25) is 0 Å². The van der Waals surface area contributed by atoms with Crippen LogP contribution in [0.5, 0.6) is 0 Å². The number of aromatic nitrogens is 3. The lowest BCUT2D eigenvalue weighted by Gasteiger charge is -2.35. The molecule has 5 rings (SSSR count). The van der Waals surface area contributed by atoms with Gasteiger partial charge in [-0.2, -0.15) is 0 Å². The molecule has 9 heteroatoms. The summed E-state index contributed by atoms with van der Waals surface area (Å²) in [5.41, 5.74) is 1.47.